The van der Waals surface area contributed by atoms with Crippen LogP contribution < -0.4 is 5.73 Å². The predicted molar refractivity (Wildman–Crippen MR) is 107 cm³/mol. The maximum Gasteiger partial charge on any atom is 0.343 e. The Hall–Kier alpha value is -2.74. The van der Waals surface area contributed by atoms with Crippen LogP contribution in [0.2, 0.25) is 5.02 Å². The van der Waals surface area contributed by atoms with Gasteiger partial charge in [-0.25, -0.2) is 14.2 Å². The van der Waals surface area contributed by atoms with Gasteiger partial charge >= 0.3 is 6.03 Å². The van der Waals surface area contributed by atoms with Gasteiger partial charge in [-0.05, 0) is 42.9 Å². The molecule has 2 aromatic rings. The molecule has 7 nitrogen and oxygen atoms in total. The third-order valence-corrected chi connectivity index (χ3v) is 5.79. The molecule has 4 rings (SSSR count). The van der Waals surface area contributed by atoms with Gasteiger partial charge in [-0.3, -0.25) is 9.48 Å². The van der Waals surface area contributed by atoms with Crippen LogP contribution in [-0.4, -0.2) is 39.4 Å². The third-order valence-electron chi connectivity index (χ3n) is 5.50. The number of urea groups is 1. The zero-order chi connectivity index (χ0) is 20.7. The maximum absolute atomic E-state index is 13.5. The summed E-state index contributed by atoms with van der Waals surface area (Å²) in [5, 5.41) is 4.40. The number of carbonyl (C=O) groups excluding carboxylic acids is 2. The second-order valence-corrected chi connectivity index (χ2v) is 8.11. The molecule has 1 fully saturated rings. The van der Waals surface area contributed by atoms with Crippen molar-refractivity contribution in [1.82, 2.24) is 14.7 Å². The fourth-order valence-electron chi connectivity index (χ4n) is 3.92. The molecule has 1 aromatic carbocycles. The first kappa shape index (κ1) is 19.6. The van der Waals surface area contributed by atoms with Crippen LogP contribution in [0.15, 0.2) is 23.2 Å². The van der Waals surface area contributed by atoms with E-state index >= 15 is 0 Å². The molecule has 2 aliphatic rings. The summed E-state index contributed by atoms with van der Waals surface area (Å²) in [6.07, 6.45) is 3.84. The van der Waals surface area contributed by atoms with Gasteiger partial charge in [-0.15, -0.1) is 0 Å². The van der Waals surface area contributed by atoms with Crippen molar-refractivity contribution in [1.29, 1.82) is 0 Å². The summed E-state index contributed by atoms with van der Waals surface area (Å²) >= 11 is 5.88. The first-order valence-corrected chi connectivity index (χ1v) is 9.89. The molecule has 152 valence electrons. The smallest absolute Gasteiger partial charge is 0.343 e. The van der Waals surface area contributed by atoms with E-state index in [1.54, 1.807) is 15.8 Å². The topological polar surface area (TPSA) is 93.6 Å². The zero-order valence-corrected chi connectivity index (χ0v) is 16.7. The number of aliphatic imine (C=N–C) groups is 1. The molecule has 0 unspecified atom stereocenters. The first-order chi connectivity index (χ1) is 13.8. The van der Waals surface area contributed by atoms with Crippen molar-refractivity contribution < 1.29 is 14.0 Å². The van der Waals surface area contributed by atoms with E-state index in [0.717, 1.165) is 12.8 Å². The molecule has 1 aromatic heterocycles. The van der Waals surface area contributed by atoms with Gasteiger partial charge in [0.2, 0.25) is 0 Å². The lowest BCUT2D eigenvalue weighted by Crippen LogP contribution is -2.38. The van der Waals surface area contributed by atoms with E-state index in [2.05, 4.69) is 17.0 Å². The lowest BCUT2D eigenvalue weighted by atomic mass is 9.77. The summed E-state index contributed by atoms with van der Waals surface area (Å²) in [5.74, 6) is -0.180. The van der Waals surface area contributed by atoms with Crippen molar-refractivity contribution in [3.63, 3.8) is 0 Å². The van der Waals surface area contributed by atoms with Crippen LogP contribution in [0.5, 0.6) is 0 Å². The molecule has 1 saturated carbocycles. The highest BCUT2D eigenvalue weighted by molar-refractivity contribution is 6.31. The normalized spacial score (nSPS) is 21.1. The highest BCUT2D eigenvalue weighted by Gasteiger charge is 2.30. The van der Waals surface area contributed by atoms with Gasteiger partial charge < -0.3 is 10.6 Å². The molecule has 9 heteroatoms. The van der Waals surface area contributed by atoms with Gasteiger partial charge in [-0.2, -0.15) is 5.10 Å². The van der Waals surface area contributed by atoms with E-state index in [4.69, 9.17) is 17.3 Å². The molecule has 0 radical (unpaired) electrons. The number of nitrogens with zero attached hydrogens (tertiary/aromatic N) is 4. The highest BCUT2D eigenvalue weighted by atomic mass is 35.5. The number of rotatable bonds is 3. The Balaban J connectivity index is 1.60. The largest absolute Gasteiger partial charge is 0.365 e. The van der Waals surface area contributed by atoms with E-state index in [-0.39, 0.29) is 23.2 Å². The van der Waals surface area contributed by atoms with Crippen LogP contribution in [0.1, 0.15) is 35.8 Å². The molecule has 1 aliphatic carbocycles. The van der Waals surface area contributed by atoms with Crippen LogP contribution in [0.3, 0.4) is 0 Å². The maximum atomic E-state index is 13.5. The Morgan fingerprint density at radius 2 is 2.10 bits per heavy atom. The molecule has 0 saturated heterocycles. The van der Waals surface area contributed by atoms with E-state index in [0.29, 0.717) is 41.9 Å². The van der Waals surface area contributed by atoms with E-state index in [1.165, 1.54) is 18.2 Å². The van der Waals surface area contributed by atoms with Crippen LogP contribution in [0, 0.1) is 17.7 Å². The summed E-state index contributed by atoms with van der Waals surface area (Å²) in [5.41, 5.74) is 7.18. The zero-order valence-electron chi connectivity index (χ0n) is 15.9. The second kappa shape index (κ2) is 7.59. The summed E-state index contributed by atoms with van der Waals surface area (Å²) in [7, 11) is 0. The van der Waals surface area contributed by atoms with Crippen molar-refractivity contribution in [2.75, 3.05) is 6.54 Å². The molecule has 2 heterocycles. The first-order valence-electron chi connectivity index (χ1n) is 9.51. The van der Waals surface area contributed by atoms with E-state index in [1.807, 2.05) is 0 Å². The minimum atomic E-state index is -0.664. The van der Waals surface area contributed by atoms with Gasteiger partial charge in [0.05, 0.1) is 29.4 Å². The minimum Gasteiger partial charge on any atom is -0.365 e. The Morgan fingerprint density at radius 1 is 1.34 bits per heavy atom. The second-order valence-electron chi connectivity index (χ2n) is 7.71. The lowest BCUT2D eigenvalue weighted by molar-refractivity contribution is 0.0997. The van der Waals surface area contributed by atoms with Gasteiger partial charge in [-0.1, -0.05) is 18.5 Å². The fourth-order valence-corrected chi connectivity index (χ4v) is 4.10. The number of fused-ring (bicyclic) bond motifs is 1. The lowest BCUT2D eigenvalue weighted by Gasteiger charge is -2.30. The van der Waals surface area contributed by atoms with Crippen LogP contribution >= 0.6 is 11.6 Å². The average molecular weight is 418 g/mol. The van der Waals surface area contributed by atoms with Crippen molar-refractivity contribution in [3.05, 3.63) is 40.3 Å². The molecule has 0 spiro atoms. The van der Waals surface area contributed by atoms with Crippen molar-refractivity contribution >= 4 is 29.8 Å². The number of nitrogens with two attached hydrogens (primary N) is 1. The third kappa shape index (κ3) is 3.76. The predicted octanol–water partition coefficient (Wildman–Crippen LogP) is 3.49. The molecular weight excluding hydrogens is 397 g/mol. The Labute approximate surface area is 172 Å². The van der Waals surface area contributed by atoms with Crippen molar-refractivity contribution in [2.24, 2.45) is 22.6 Å². The number of carbonyl (C=O) groups is 2. The molecule has 0 atom stereocenters. The van der Waals surface area contributed by atoms with Gasteiger partial charge in [0.25, 0.3) is 5.91 Å². The summed E-state index contributed by atoms with van der Waals surface area (Å²) < 4.78 is 15.2. The monoisotopic (exact) mass is 417 g/mol. The van der Waals surface area contributed by atoms with E-state index < -0.39 is 11.7 Å². The molecule has 3 amide bonds. The van der Waals surface area contributed by atoms with E-state index in [9.17, 15) is 14.0 Å². The van der Waals surface area contributed by atoms with Crippen LogP contribution in [0.4, 0.5) is 9.18 Å². The molecular formula is C20H21ClFN5O2. The molecule has 2 N–H and O–H groups in total. The molecule has 29 heavy (non-hydrogen) atoms. The van der Waals surface area contributed by atoms with Crippen molar-refractivity contribution in [2.45, 2.75) is 32.9 Å². The minimum absolute atomic E-state index is 0.0691. The van der Waals surface area contributed by atoms with Gasteiger partial charge in [0.1, 0.15) is 11.5 Å². The Kier molecular flexibility index (Phi) is 5.12. The summed E-state index contributed by atoms with van der Waals surface area (Å²) in [6.45, 7) is 3.19. The fraction of sp³-hybridized carbons (Fsp3) is 0.400. The van der Waals surface area contributed by atoms with Crippen LogP contribution in [-0.2, 0) is 13.1 Å². The summed E-state index contributed by atoms with van der Waals surface area (Å²) in [4.78, 5) is 30.3. The number of benzene rings is 1. The Bertz CT molecular complexity index is 1010. The molecule has 0 bridgehead atoms. The Morgan fingerprint density at radius 3 is 2.76 bits per heavy atom. The van der Waals surface area contributed by atoms with Gasteiger partial charge in [0, 0.05) is 18.3 Å². The molecule has 1 aliphatic heterocycles. The number of halogens is 2. The SMILES string of the molecule is CC1CC(/C=N/C(=O)N2CCn3nc(-c4ccc(F)c(Cl)c4)c(C(N)=O)c3C2)C1. The standard InChI is InChI=1S/C20H21ClFN5O2/c1-11-6-12(7-11)9-24-20(29)26-4-5-27-16(10-26)17(19(23)28)18(25-27)13-2-3-15(22)14(21)8-13/h2-3,8-9,11-12H,4-7,10H2,1H3,(H2,23,28)/b24-9+. The van der Waals surface area contributed by atoms with Gasteiger partial charge in [0.15, 0.2) is 0 Å². The van der Waals surface area contributed by atoms with Crippen LogP contribution in [0.25, 0.3) is 11.3 Å². The number of hydrogen-bond acceptors (Lipinski definition) is 3. The number of aromatic nitrogens is 2. The summed E-state index contributed by atoms with van der Waals surface area (Å²) in [6, 6.07) is 3.78. The number of amides is 3. The number of hydrogen-bond donors (Lipinski definition) is 1. The average Bonchev–Trinajstić information content (AvgIpc) is 3.05. The quantitative estimate of drug-likeness (QED) is 0.774. The van der Waals surface area contributed by atoms with Crippen molar-refractivity contribution in [3.8, 4) is 11.3 Å². The highest BCUT2D eigenvalue weighted by Crippen LogP contribution is 2.32. The number of primary amides is 1.